The van der Waals surface area contributed by atoms with Crippen molar-refractivity contribution in [2.75, 3.05) is 6.54 Å². The minimum Gasteiger partial charge on any atom is -0.481 e. The molecule has 2 N–H and O–H groups in total. The maximum Gasteiger partial charge on any atom is 0.303 e. The van der Waals surface area contributed by atoms with Crippen LogP contribution in [0.2, 0.25) is 0 Å². The number of hydrogen-bond donors (Lipinski definition) is 2. The van der Waals surface area contributed by atoms with Gasteiger partial charge in [0, 0.05) is 19.2 Å². The molecule has 0 radical (unpaired) electrons. The van der Waals surface area contributed by atoms with Crippen molar-refractivity contribution in [1.29, 1.82) is 0 Å². The first-order chi connectivity index (χ1) is 8.99. The van der Waals surface area contributed by atoms with E-state index in [0.717, 1.165) is 12.3 Å². The lowest BCUT2D eigenvalue weighted by Crippen LogP contribution is -2.26. The lowest BCUT2D eigenvalue weighted by atomic mass is 10.0. The fourth-order valence-electron chi connectivity index (χ4n) is 1.58. The van der Waals surface area contributed by atoms with E-state index in [1.807, 2.05) is 6.92 Å². The first-order valence-corrected chi connectivity index (χ1v) is 6.09. The van der Waals surface area contributed by atoms with Crippen LogP contribution in [0.1, 0.15) is 36.5 Å². The first kappa shape index (κ1) is 15.1. The Morgan fingerprint density at radius 2 is 2.16 bits per heavy atom. The fraction of sp³-hybridized carbons (Fsp3) is 0.462. The number of carbonyl (C=O) groups is 2. The van der Waals surface area contributed by atoms with Gasteiger partial charge in [0.2, 0.25) is 0 Å². The molecule has 0 aromatic carbocycles. The minimum absolute atomic E-state index is 0.128. The second-order valence-corrected chi connectivity index (χ2v) is 4.47. The highest BCUT2D eigenvalue weighted by molar-refractivity contribution is 5.93. The molecule has 0 aliphatic carbocycles. The highest BCUT2D eigenvalue weighted by Crippen LogP contribution is 2.09. The van der Waals surface area contributed by atoms with Crippen molar-refractivity contribution in [2.24, 2.45) is 5.92 Å². The summed E-state index contributed by atoms with van der Waals surface area (Å²) in [6.07, 6.45) is 3.72. The number of pyridine rings is 1. The van der Waals surface area contributed by atoms with E-state index < -0.39 is 11.8 Å². The highest BCUT2D eigenvalue weighted by atomic mass is 19.1. The van der Waals surface area contributed by atoms with Crippen LogP contribution in [0.3, 0.4) is 0 Å². The highest BCUT2D eigenvalue weighted by Gasteiger charge is 2.09. The molecule has 0 aliphatic rings. The maximum atomic E-state index is 12.9. The molecule has 0 saturated carbocycles. The van der Waals surface area contributed by atoms with Gasteiger partial charge < -0.3 is 10.4 Å². The normalized spacial score (nSPS) is 11.9. The summed E-state index contributed by atoms with van der Waals surface area (Å²) in [5.74, 6) is -1.54. The lowest BCUT2D eigenvalue weighted by Gasteiger charge is -2.10. The first-order valence-electron chi connectivity index (χ1n) is 6.09. The molecule has 1 aromatic heterocycles. The van der Waals surface area contributed by atoms with Crippen LogP contribution in [-0.2, 0) is 4.79 Å². The number of nitrogens with zero attached hydrogens (tertiary/aromatic N) is 1. The number of aromatic nitrogens is 1. The molecule has 1 rings (SSSR count). The van der Waals surface area contributed by atoms with Gasteiger partial charge in [-0.15, -0.1) is 0 Å². The third-order valence-electron chi connectivity index (χ3n) is 2.74. The Labute approximate surface area is 110 Å². The molecular formula is C13H17FN2O3. The van der Waals surface area contributed by atoms with Gasteiger partial charge in [-0.25, -0.2) is 4.39 Å². The van der Waals surface area contributed by atoms with E-state index in [9.17, 15) is 14.0 Å². The number of aliphatic carboxylic acids is 1. The van der Waals surface area contributed by atoms with Crippen molar-refractivity contribution >= 4 is 11.9 Å². The third-order valence-corrected chi connectivity index (χ3v) is 2.74. The quantitative estimate of drug-likeness (QED) is 0.790. The molecule has 0 saturated heterocycles. The summed E-state index contributed by atoms with van der Waals surface area (Å²) < 4.78 is 12.9. The zero-order valence-electron chi connectivity index (χ0n) is 10.7. The number of carboxylic acids is 1. The summed E-state index contributed by atoms with van der Waals surface area (Å²) in [5.41, 5.74) is 0.179. The molecule has 5 nitrogen and oxygen atoms in total. The largest absolute Gasteiger partial charge is 0.481 e. The van der Waals surface area contributed by atoms with Gasteiger partial charge in [-0.1, -0.05) is 6.92 Å². The zero-order chi connectivity index (χ0) is 14.3. The van der Waals surface area contributed by atoms with Crippen LogP contribution in [0.5, 0.6) is 0 Å². The van der Waals surface area contributed by atoms with Gasteiger partial charge in [-0.3, -0.25) is 14.6 Å². The molecule has 0 bridgehead atoms. The van der Waals surface area contributed by atoms with Crippen molar-refractivity contribution in [3.8, 4) is 0 Å². The average molecular weight is 268 g/mol. The van der Waals surface area contributed by atoms with Crippen molar-refractivity contribution in [2.45, 2.75) is 26.2 Å². The Balaban J connectivity index is 2.29. The second kappa shape index (κ2) is 7.45. The van der Waals surface area contributed by atoms with E-state index in [1.54, 1.807) is 0 Å². The molecule has 0 spiro atoms. The average Bonchev–Trinajstić information content (AvgIpc) is 2.36. The Hall–Kier alpha value is -1.98. The molecule has 1 atom stereocenters. The fourth-order valence-corrected chi connectivity index (χ4v) is 1.58. The van der Waals surface area contributed by atoms with Crippen LogP contribution in [0.15, 0.2) is 18.5 Å². The van der Waals surface area contributed by atoms with Gasteiger partial charge in [0.15, 0.2) is 0 Å². The number of halogens is 1. The monoisotopic (exact) mass is 268 g/mol. The standard InChI is InChI=1S/C13H17FN2O3/c1-9(2-3-12(17)18)4-5-16-13(19)10-6-11(14)8-15-7-10/h6-9H,2-5H2,1H3,(H,16,19)(H,17,18). The summed E-state index contributed by atoms with van der Waals surface area (Å²) in [4.78, 5) is 25.6. The van der Waals surface area contributed by atoms with E-state index in [2.05, 4.69) is 10.3 Å². The van der Waals surface area contributed by atoms with Crippen molar-refractivity contribution in [3.05, 3.63) is 29.8 Å². The summed E-state index contributed by atoms with van der Waals surface area (Å²) in [6.45, 7) is 2.36. The van der Waals surface area contributed by atoms with E-state index >= 15 is 0 Å². The third kappa shape index (κ3) is 5.94. The van der Waals surface area contributed by atoms with Gasteiger partial charge >= 0.3 is 5.97 Å². The molecule has 104 valence electrons. The van der Waals surface area contributed by atoms with Crippen LogP contribution in [0.4, 0.5) is 4.39 Å². The van der Waals surface area contributed by atoms with Crippen LogP contribution in [0.25, 0.3) is 0 Å². The lowest BCUT2D eigenvalue weighted by molar-refractivity contribution is -0.137. The van der Waals surface area contributed by atoms with Gasteiger partial charge in [-0.05, 0) is 24.8 Å². The van der Waals surface area contributed by atoms with E-state index in [0.29, 0.717) is 19.4 Å². The van der Waals surface area contributed by atoms with Gasteiger partial charge in [0.1, 0.15) is 5.82 Å². The molecule has 0 aliphatic heterocycles. The van der Waals surface area contributed by atoms with Crippen LogP contribution >= 0.6 is 0 Å². The number of amides is 1. The van der Waals surface area contributed by atoms with Crippen LogP contribution in [-0.4, -0.2) is 28.5 Å². The number of hydrogen-bond acceptors (Lipinski definition) is 3. The Bertz CT molecular complexity index is 451. The molecule has 1 amide bonds. The number of carbonyl (C=O) groups excluding carboxylic acids is 1. The molecular weight excluding hydrogens is 251 g/mol. The maximum absolute atomic E-state index is 12.9. The Morgan fingerprint density at radius 1 is 1.42 bits per heavy atom. The van der Waals surface area contributed by atoms with E-state index in [1.165, 1.54) is 6.20 Å². The predicted octanol–water partition coefficient (Wildman–Crippen LogP) is 1.84. The van der Waals surface area contributed by atoms with Gasteiger partial charge in [0.25, 0.3) is 5.91 Å². The molecule has 6 heteroatoms. The summed E-state index contributed by atoms with van der Waals surface area (Å²) in [6, 6.07) is 1.12. The topological polar surface area (TPSA) is 79.3 Å². The van der Waals surface area contributed by atoms with Gasteiger partial charge in [-0.2, -0.15) is 0 Å². The Kier molecular flexibility index (Phi) is 5.92. The number of rotatable bonds is 7. The molecule has 1 aromatic rings. The smallest absolute Gasteiger partial charge is 0.303 e. The summed E-state index contributed by atoms with van der Waals surface area (Å²) >= 11 is 0. The second-order valence-electron chi connectivity index (χ2n) is 4.47. The van der Waals surface area contributed by atoms with Crippen molar-refractivity contribution in [1.82, 2.24) is 10.3 Å². The predicted molar refractivity (Wildman–Crippen MR) is 67.2 cm³/mol. The SMILES string of the molecule is CC(CCNC(=O)c1cncc(F)c1)CCC(=O)O. The Morgan fingerprint density at radius 3 is 2.79 bits per heavy atom. The zero-order valence-corrected chi connectivity index (χ0v) is 10.7. The summed E-state index contributed by atoms with van der Waals surface area (Å²) in [7, 11) is 0. The molecule has 19 heavy (non-hydrogen) atoms. The number of nitrogens with one attached hydrogen (secondary N) is 1. The molecule has 1 heterocycles. The summed E-state index contributed by atoms with van der Waals surface area (Å²) in [5, 5.41) is 11.2. The molecule has 1 unspecified atom stereocenters. The van der Waals surface area contributed by atoms with Gasteiger partial charge in [0.05, 0.1) is 11.8 Å². The van der Waals surface area contributed by atoms with E-state index in [-0.39, 0.29) is 23.8 Å². The van der Waals surface area contributed by atoms with E-state index in [4.69, 9.17) is 5.11 Å². The minimum atomic E-state index is -0.818. The van der Waals surface area contributed by atoms with Crippen molar-refractivity contribution in [3.63, 3.8) is 0 Å². The van der Waals surface area contributed by atoms with Crippen molar-refractivity contribution < 1.29 is 19.1 Å². The molecule has 0 fully saturated rings. The number of carboxylic acid groups (broad SMARTS) is 1. The van der Waals surface area contributed by atoms with Crippen LogP contribution < -0.4 is 5.32 Å². The van der Waals surface area contributed by atoms with Crippen LogP contribution in [0, 0.1) is 11.7 Å².